The molecule has 0 heterocycles. The van der Waals surface area contributed by atoms with Crippen molar-refractivity contribution in [2.45, 2.75) is 51.1 Å². The van der Waals surface area contributed by atoms with E-state index in [9.17, 15) is 22.4 Å². The summed E-state index contributed by atoms with van der Waals surface area (Å²) in [5, 5.41) is 2.84. The van der Waals surface area contributed by atoms with Crippen LogP contribution in [0.1, 0.15) is 37.8 Å². The lowest BCUT2D eigenvalue weighted by molar-refractivity contribution is -0.140. The van der Waals surface area contributed by atoms with Crippen LogP contribution >= 0.6 is 15.9 Å². The van der Waals surface area contributed by atoms with Gasteiger partial charge in [-0.15, -0.1) is 0 Å². The van der Waals surface area contributed by atoms with Crippen molar-refractivity contribution in [3.8, 4) is 0 Å². The minimum atomic E-state index is -4.15. The number of nitrogens with zero attached hydrogens (tertiary/aromatic N) is 2. The van der Waals surface area contributed by atoms with Crippen molar-refractivity contribution in [2.24, 2.45) is 0 Å². The average Bonchev–Trinajstić information content (AvgIpc) is 2.91. The fourth-order valence-corrected chi connectivity index (χ4v) is 5.86. The summed E-state index contributed by atoms with van der Waals surface area (Å²) in [6.07, 6.45) is 1.03. The lowest BCUT2D eigenvalue weighted by Crippen LogP contribution is -2.52. The molecular weight excluding hydrogens is 585 g/mol. The van der Waals surface area contributed by atoms with Gasteiger partial charge in [-0.2, -0.15) is 0 Å². The van der Waals surface area contributed by atoms with Crippen LogP contribution in [0, 0.1) is 12.7 Å². The zero-order chi connectivity index (χ0) is 28.6. The van der Waals surface area contributed by atoms with E-state index in [-0.39, 0.29) is 17.3 Å². The molecule has 0 aliphatic heterocycles. The third-order valence-electron chi connectivity index (χ3n) is 6.19. The fourth-order valence-electron chi connectivity index (χ4n) is 4.07. The zero-order valence-electron chi connectivity index (χ0n) is 22.2. The van der Waals surface area contributed by atoms with Crippen molar-refractivity contribution in [1.29, 1.82) is 0 Å². The lowest BCUT2D eigenvalue weighted by Gasteiger charge is -2.33. The van der Waals surface area contributed by atoms with E-state index in [2.05, 4.69) is 21.2 Å². The molecule has 10 heteroatoms. The third kappa shape index (κ3) is 7.89. The summed E-state index contributed by atoms with van der Waals surface area (Å²) < 4.78 is 42.9. The van der Waals surface area contributed by atoms with Crippen molar-refractivity contribution >= 4 is 43.5 Å². The number of sulfonamides is 1. The Balaban J connectivity index is 2.04. The first-order valence-corrected chi connectivity index (χ1v) is 15.0. The molecule has 208 valence electrons. The average molecular weight is 619 g/mol. The maximum Gasteiger partial charge on any atom is 0.264 e. The quantitative estimate of drug-likeness (QED) is 0.294. The molecule has 3 aromatic carbocycles. The Hall–Kier alpha value is -3.24. The molecule has 7 nitrogen and oxygen atoms in total. The van der Waals surface area contributed by atoms with Gasteiger partial charge in [-0.3, -0.25) is 13.9 Å². The Morgan fingerprint density at radius 2 is 1.67 bits per heavy atom. The van der Waals surface area contributed by atoms with Crippen LogP contribution in [0.25, 0.3) is 0 Å². The summed E-state index contributed by atoms with van der Waals surface area (Å²) in [5.74, 6) is -1.31. The van der Waals surface area contributed by atoms with Crippen molar-refractivity contribution in [2.75, 3.05) is 17.4 Å². The highest BCUT2D eigenvalue weighted by Gasteiger charge is 2.33. The van der Waals surface area contributed by atoms with Gasteiger partial charge in [-0.1, -0.05) is 65.7 Å². The normalized spacial score (nSPS) is 12.0. The number of aryl methyl sites for hydroxylation is 1. The summed E-state index contributed by atoms with van der Waals surface area (Å²) in [6.45, 7) is 5.48. The predicted octanol–water partition coefficient (Wildman–Crippen LogP) is 5.43. The third-order valence-corrected chi connectivity index (χ3v) is 8.47. The molecule has 0 aliphatic rings. The minimum absolute atomic E-state index is 0.00800. The molecule has 0 aromatic heterocycles. The summed E-state index contributed by atoms with van der Waals surface area (Å²) >= 11 is 3.39. The van der Waals surface area contributed by atoms with E-state index in [1.54, 1.807) is 55.5 Å². The SMILES string of the molecule is CCCNC(=O)C(CC)N(Cc1ccc(F)cc1)C(=O)CN(c1cccc(Br)c1)S(=O)(=O)c1ccc(C)cc1. The van der Waals surface area contributed by atoms with Gasteiger partial charge in [0.2, 0.25) is 11.8 Å². The second-order valence-electron chi connectivity index (χ2n) is 9.17. The summed E-state index contributed by atoms with van der Waals surface area (Å²) in [7, 11) is -4.15. The molecule has 0 aliphatic carbocycles. The van der Waals surface area contributed by atoms with Crippen molar-refractivity contribution < 1.29 is 22.4 Å². The molecule has 1 unspecified atom stereocenters. The Kier molecular flexibility index (Phi) is 10.7. The highest BCUT2D eigenvalue weighted by Crippen LogP contribution is 2.27. The molecule has 0 radical (unpaired) electrons. The number of halogens is 2. The Morgan fingerprint density at radius 3 is 2.26 bits per heavy atom. The number of carbonyl (C=O) groups excluding carboxylic acids is 2. The second kappa shape index (κ2) is 13.7. The van der Waals surface area contributed by atoms with Gasteiger partial charge in [-0.05, 0) is 67.8 Å². The summed E-state index contributed by atoms with van der Waals surface area (Å²) in [5.41, 5.74) is 1.80. The van der Waals surface area contributed by atoms with Crippen molar-refractivity contribution in [3.63, 3.8) is 0 Å². The Labute approximate surface area is 238 Å². The lowest BCUT2D eigenvalue weighted by atomic mass is 10.1. The molecule has 39 heavy (non-hydrogen) atoms. The molecule has 3 rings (SSSR count). The van der Waals surface area contributed by atoms with Crippen molar-refractivity contribution in [1.82, 2.24) is 10.2 Å². The highest BCUT2D eigenvalue weighted by atomic mass is 79.9. The number of hydrogen-bond acceptors (Lipinski definition) is 4. The molecule has 2 amide bonds. The van der Waals surface area contributed by atoms with Gasteiger partial charge in [0.25, 0.3) is 10.0 Å². The minimum Gasteiger partial charge on any atom is -0.354 e. The van der Waals surface area contributed by atoms with Crippen LogP contribution in [0.2, 0.25) is 0 Å². The van der Waals surface area contributed by atoms with E-state index in [0.717, 1.165) is 16.3 Å². The van der Waals surface area contributed by atoms with Gasteiger partial charge in [0.1, 0.15) is 18.4 Å². The molecule has 0 bridgehead atoms. The Morgan fingerprint density at radius 1 is 1.00 bits per heavy atom. The van der Waals surface area contributed by atoms with Gasteiger partial charge >= 0.3 is 0 Å². The van der Waals surface area contributed by atoms with Gasteiger partial charge in [0, 0.05) is 17.6 Å². The van der Waals surface area contributed by atoms with E-state index in [0.29, 0.717) is 28.7 Å². The topological polar surface area (TPSA) is 86.8 Å². The first-order chi connectivity index (χ1) is 18.6. The summed E-state index contributed by atoms with van der Waals surface area (Å²) in [4.78, 5) is 28.4. The molecular formula is C29H33BrFN3O4S. The van der Waals surface area contributed by atoms with E-state index >= 15 is 0 Å². The molecule has 1 atom stereocenters. The first kappa shape index (κ1) is 30.3. The molecule has 1 N–H and O–H groups in total. The van der Waals surface area contributed by atoms with Gasteiger partial charge < -0.3 is 10.2 Å². The fraction of sp³-hybridized carbons (Fsp3) is 0.310. The number of carbonyl (C=O) groups is 2. The van der Waals surface area contributed by atoms with Crippen LogP contribution in [-0.2, 0) is 26.2 Å². The van der Waals surface area contributed by atoms with Gasteiger partial charge in [-0.25, -0.2) is 12.8 Å². The van der Waals surface area contributed by atoms with E-state index < -0.39 is 34.3 Å². The number of hydrogen-bond donors (Lipinski definition) is 1. The maximum absolute atomic E-state index is 13.9. The van der Waals surface area contributed by atoms with Gasteiger partial charge in [0.15, 0.2) is 0 Å². The molecule has 0 fully saturated rings. The molecule has 0 saturated carbocycles. The number of amides is 2. The van der Waals surface area contributed by atoms with Crippen LogP contribution < -0.4 is 9.62 Å². The van der Waals surface area contributed by atoms with E-state index in [1.165, 1.54) is 29.2 Å². The number of rotatable bonds is 12. The zero-order valence-corrected chi connectivity index (χ0v) is 24.6. The first-order valence-electron chi connectivity index (χ1n) is 12.7. The molecule has 3 aromatic rings. The highest BCUT2D eigenvalue weighted by molar-refractivity contribution is 9.10. The second-order valence-corrected chi connectivity index (χ2v) is 11.9. The van der Waals surface area contributed by atoms with Crippen LogP contribution in [0.15, 0.2) is 82.2 Å². The monoisotopic (exact) mass is 617 g/mol. The standard InChI is InChI=1S/C29H33BrFN3O4S/c1-4-17-32-29(36)27(5-2)33(19-22-11-13-24(31)14-12-22)28(35)20-34(25-8-6-7-23(30)18-25)39(37,38)26-15-9-21(3)10-16-26/h6-16,18,27H,4-5,17,19-20H2,1-3H3,(H,32,36). The van der Waals surface area contributed by atoms with E-state index in [1.807, 2.05) is 13.8 Å². The smallest absolute Gasteiger partial charge is 0.264 e. The van der Waals surface area contributed by atoms with Crippen LogP contribution in [0.4, 0.5) is 10.1 Å². The van der Waals surface area contributed by atoms with Crippen LogP contribution in [-0.4, -0.2) is 44.3 Å². The predicted molar refractivity (Wildman–Crippen MR) is 154 cm³/mol. The molecule has 0 saturated heterocycles. The van der Waals surface area contributed by atoms with E-state index in [4.69, 9.17) is 0 Å². The largest absolute Gasteiger partial charge is 0.354 e. The summed E-state index contributed by atoms with van der Waals surface area (Å²) in [6, 6.07) is 17.9. The van der Waals surface area contributed by atoms with Crippen molar-refractivity contribution in [3.05, 3.63) is 94.2 Å². The molecule has 0 spiro atoms. The maximum atomic E-state index is 13.9. The number of nitrogens with one attached hydrogen (secondary N) is 1. The number of benzene rings is 3. The number of anilines is 1. The van der Waals surface area contributed by atoms with Crippen LogP contribution in [0.5, 0.6) is 0 Å². The van der Waals surface area contributed by atoms with Crippen LogP contribution in [0.3, 0.4) is 0 Å². The Bertz CT molecular complexity index is 1380. The van der Waals surface area contributed by atoms with Gasteiger partial charge in [0.05, 0.1) is 10.6 Å².